The molecular weight excluding hydrogens is 346 g/mol. The van der Waals surface area contributed by atoms with E-state index in [2.05, 4.69) is 7.05 Å². The molecule has 5 aliphatic rings. The summed E-state index contributed by atoms with van der Waals surface area (Å²) in [6.45, 7) is 1.75. The molecule has 2 aliphatic heterocycles. The van der Waals surface area contributed by atoms with E-state index >= 15 is 0 Å². The molecule has 3 aliphatic carbocycles. The zero-order valence-corrected chi connectivity index (χ0v) is 15.5. The first kappa shape index (κ1) is 16.3. The highest BCUT2D eigenvalue weighted by atomic mass is 16.5. The van der Waals surface area contributed by atoms with Crippen LogP contribution in [0.2, 0.25) is 0 Å². The van der Waals surface area contributed by atoms with Crippen LogP contribution in [0.5, 0.6) is 11.5 Å². The number of Topliss-reactive ketones (excluding diaryl/α,β-unsaturated/α-hetero) is 1. The van der Waals surface area contributed by atoms with Gasteiger partial charge in [-0.05, 0) is 30.9 Å². The number of hydrogen-bond donors (Lipinski definition) is 3. The summed E-state index contributed by atoms with van der Waals surface area (Å²) in [7, 11) is 2.16. The zero-order valence-electron chi connectivity index (χ0n) is 15.5. The molecule has 0 radical (unpaired) electrons. The van der Waals surface area contributed by atoms with Crippen molar-refractivity contribution in [3.8, 4) is 11.5 Å². The highest BCUT2D eigenvalue weighted by molar-refractivity contribution is 5.90. The monoisotopic (exact) mass is 372 g/mol. The van der Waals surface area contributed by atoms with Gasteiger partial charge < -0.3 is 24.5 Å². The molecule has 1 spiro atoms. The van der Waals surface area contributed by atoms with E-state index in [1.54, 1.807) is 12.1 Å². The number of ether oxygens (including phenoxy) is 1. The first-order chi connectivity index (χ1) is 12.8. The number of quaternary nitrogens is 1. The third kappa shape index (κ3) is 1.67. The van der Waals surface area contributed by atoms with Gasteiger partial charge in [-0.1, -0.05) is 6.07 Å². The molecule has 2 bridgehead atoms. The maximum Gasteiger partial charge on any atom is 0.174 e. The van der Waals surface area contributed by atoms with Gasteiger partial charge in [0.25, 0.3) is 0 Å². The van der Waals surface area contributed by atoms with E-state index in [0.29, 0.717) is 34.6 Å². The number of likely N-dealkylation sites (N-methyl/N-ethyl adjacent to an activating group) is 1. The van der Waals surface area contributed by atoms with E-state index in [-0.39, 0.29) is 24.0 Å². The number of carbonyl (C=O) groups excluding carboxylic acids is 1. The summed E-state index contributed by atoms with van der Waals surface area (Å²) in [5, 5.41) is 34.0. The van der Waals surface area contributed by atoms with Gasteiger partial charge in [0.2, 0.25) is 0 Å². The number of phenolic OH excluding ortho intramolecular Hbond substituents is 1. The number of likely N-dealkylation sites (tertiary alicyclic amines) is 1. The van der Waals surface area contributed by atoms with Crippen molar-refractivity contribution in [1.29, 1.82) is 0 Å². The Labute approximate surface area is 158 Å². The predicted octanol–water partition coefficient (Wildman–Crippen LogP) is 1.16. The Morgan fingerprint density at radius 1 is 1.30 bits per heavy atom. The number of phenols is 1. The predicted molar refractivity (Wildman–Crippen MR) is 95.4 cm³/mol. The van der Waals surface area contributed by atoms with Gasteiger partial charge in [-0.15, -0.1) is 0 Å². The van der Waals surface area contributed by atoms with Gasteiger partial charge in [0.1, 0.15) is 17.7 Å². The van der Waals surface area contributed by atoms with E-state index in [0.717, 1.165) is 18.7 Å². The number of piperidine rings is 1. The Kier molecular flexibility index (Phi) is 2.83. The summed E-state index contributed by atoms with van der Waals surface area (Å²) in [6, 6.07) is 2.92. The maximum absolute atomic E-state index is 12.8. The quantitative estimate of drug-likeness (QED) is 0.678. The maximum atomic E-state index is 12.8. The van der Waals surface area contributed by atoms with Crippen molar-refractivity contribution in [2.24, 2.45) is 5.92 Å². The average molecular weight is 372 g/mol. The SMILES string of the molecule is C[N@+]1(CC2CC2)CC[C@]23c4c5ccc(O)c4O[C@H]2C(=O)CC[C@@]3(O)[C@H]1C5O. The minimum Gasteiger partial charge on any atom is -0.504 e. The molecule has 2 heterocycles. The summed E-state index contributed by atoms with van der Waals surface area (Å²) in [6.07, 6.45) is 2.08. The number of aliphatic hydroxyl groups excluding tert-OH is 1. The molecule has 6 nitrogen and oxygen atoms in total. The molecule has 6 rings (SSSR count). The fourth-order valence-electron chi connectivity index (χ4n) is 7.05. The largest absolute Gasteiger partial charge is 0.504 e. The summed E-state index contributed by atoms with van der Waals surface area (Å²) >= 11 is 0. The van der Waals surface area contributed by atoms with Crippen molar-refractivity contribution in [2.75, 3.05) is 20.1 Å². The van der Waals surface area contributed by atoms with Crippen molar-refractivity contribution >= 4 is 5.78 Å². The summed E-state index contributed by atoms with van der Waals surface area (Å²) in [4.78, 5) is 12.8. The molecule has 1 aromatic carbocycles. The standard InChI is InChI=1S/C21H25NO5/c1-22(10-11-2-3-11)9-8-20-15-12-4-5-13(23)17(15)27-19(20)14(24)6-7-21(20,26)18(22)16(12)25/h4-5,11,16,18-19,25-26H,2-3,6-10H2,1H3/p+1/t16?,18-,19+,20+,21-,22-/m1/s1. The molecule has 0 aromatic heterocycles. The lowest BCUT2D eigenvalue weighted by Gasteiger charge is -2.65. The molecule has 144 valence electrons. The van der Waals surface area contributed by atoms with Crippen LogP contribution in [-0.2, 0) is 10.2 Å². The highest BCUT2D eigenvalue weighted by Gasteiger charge is 2.78. The molecule has 1 unspecified atom stereocenters. The van der Waals surface area contributed by atoms with E-state index in [9.17, 15) is 20.1 Å². The van der Waals surface area contributed by atoms with Crippen LogP contribution in [0.1, 0.15) is 49.3 Å². The molecule has 3 N–H and O–H groups in total. The summed E-state index contributed by atoms with van der Waals surface area (Å²) in [5.74, 6) is 0.938. The van der Waals surface area contributed by atoms with Gasteiger partial charge in [0.05, 0.1) is 25.6 Å². The molecule has 0 amide bonds. The molecule has 27 heavy (non-hydrogen) atoms. The number of ketones is 1. The number of aromatic hydroxyl groups is 1. The second-order valence-electron chi connectivity index (χ2n) is 9.71. The van der Waals surface area contributed by atoms with Crippen LogP contribution >= 0.6 is 0 Å². The van der Waals surface area contributed by atoms with E-state index in [4.69, 9.17) is 4.74 Å². The summed E-state index contributed by atoms with van der Waals surface area (Å²) < 4.78 is 6.66. The fraction of sp³-hybridized carbons (Fsp3) is 0.667. The van der Waals surface area contributed by atoms with Crippen LogP contribution in [0.15, 0.2) is 12.1 Å². The molecule has 6 atom stereocenters. The van der Waals surface area contributed by atoms with Crippen LogP contribution in [0.3, 0.4) is 0 Å². The van der Waals surface area contributed by atoms with Crippen LogP contribution in [0.4, 0.5) is 0 Å². The van der Waals surface area contributed by atoms with Gasteiger partial charge in [-0.3, -0.25) is 4.79 Å². The van der Waals surface area contributed by atoms with Gasteiger partial charge >= 0.3 is 0 Å². The van der Waals surface area contributed by atoms with Crippen LogP contribution in [0, 0.1) is 5.92 Å². The lowest BCUT2D eigenvalue weighted by molar-refractivity contribution is -0.955. The molecule has 6 heteroatoms. The fourth-order valence-corrected chi connectivity index (χ4v) is 7.05. The number of nitrogens with zero attached hydrogens (tertiary/aromatic N) is 1. The lowest BCUT2D eigenvalue weighted by atomic mass is 9.48. The Morgan fingerprint density at radius 2 is 2.07 bits per heavy atom. The number of benzene rings is 1. The van der Waals surface area contributed by atoms with Gasteiger partial charge in [0, 0.05) is 24.3 Å². The number of rotatable bonds is 2. The Bertz CT molecular complexity index is 882. The minimum absolute atomic E-state index is 0.00494. The Balaban J connectivity index is 1.64. The summed E-state index contributed by atoms with van der Waals surface area (Å²) in [5.41, 5.74) is -0.658. The van der Waals surface area contributed by atoms with Gasteiger partial charge in [-0.25, -0.2) is 0 Å². The zero-order chi connectivity index (χ0) is 18.8. The number of hydrogen-bond acceptors (Lipinski definition) is 5. The van der Waals surface area contributed by atoms with Gasteiger partial charge in [-0.2, -0.15) is 0 Å². The van der Waals surface area contributed by atoms with E-state index in [1.807, 2.05) is 0 Å². The minimum atomic E-state index is -1.21. The van der Waals surface area contributed by atoms with Gasteiger partial charge in [0.15, 0.2) is 23.4 Å². The topological polar surface area (TPSA) is 87.0 Å². The first-order valence-corrected chi connectivity index (χ1v) is 10.1. The van der Waals surface area contributed by atoms with Crippen LogP contribution in [-0.4, -0.2) is 63.5 Å². The third-order valence-corrected chi connectivity index (χ3v) is 8.28. The molecule has 1 aromatic rings. The molecule has 3 fully saturated rings. The number of carbonyl (C=O) groups is 1. The lowest BCUT2D eigenvalue weighted by Crippen LogP contribution is -2.81. The first-order valence-electron chi connectivity index (χ1n) is 10.1. The van der Waals surface area contributed by atoms with Crippen LogP contribution in [0.25, 0.3) is 0 Å². The van der Waals surface area contributed by atoms with E-state index in [1.165, 1.54) is 12.8 Å². The highest BCUT2D eigenvalue weighted by Crippen LogP contribution is 2.67. The van der Waals surface area contributed by atoms with Crippen molar-refractivity contribution in [1.82, 2.24) is 0 Å². The number of aliphatic hydroxyl groups is 2. The van der Waals surface area contributed by atoms with Crippen molar-refractivity contribution in [3.63, 3.8) is 0 Å². The third-order valence-electron chi connectivity index (χ3n) is 8.28. The molecular formula is C21H26NO5+. The van der Waals surface area contributed by atoms with Crippen molar-refractivity contribution in [3.05, 3.63) is 23.3 Å². The van der Waals surface area contributed by atoms with Crippen molar-refractivity contribution in [2.45, 2.75) is 61.4 Å². The second kappa shape index (κ2) is 4.67. The Morgan fingerprint density at radius 3 is 2.81 bits per heavy atom. The van der Waals surface area contributed by atoms with Crippen LogP contribution < -0.4 is 4.74 Å². The Hall–Kier alpha value is -1.63. The van der Waals surface area contributed by atoms with E-state index < -0.39 is 23.2 Å². The van der Waals surface area contributed by atoms with Crippen molar-refractivity contribution < 1.29 is 29.3 Å². The average Bonchev–Trinajstić information content (AvgIpc) is 3.34. The smallest absolute Gasteiger partial charge is 0.174 e. The normalized spacial score (nSPS) is 46.8. The molecule has 1 saturated heterocycles. The molecule has 2 saturated carbocycles. The second-order valence-corrected chi connectivity index (χ2v) is 9.71.